The number of nitrogens with zero attached hydrogens (tertiary/aromatic N) is 3. The summed E-state index contributed by atoms with van der Waals surface area (Å²) in [5.74, 6) is 0.982. The van der Waals surface area contributed by atoms with Crippen molar-refractivity contribution in [3.63, 3.8) is 0 Å². The van der Waals surface area contributed by atoms with Gasteiger partial charge in [0, 0.05) is 29.9 Å². The summed E-state index contributed by atoms with van der Waals surface area (Å²) >= 11 is 0. The predicted molar refractivity (Wildman–Crippen MR) is 100 cm³/mol. The number of rotatable bonds is 4. The van der Waals surface area contributed by atoms with Gasteiger partial charge in [-0.1, -0.05) is 30.4 Å². The molecule has 1 aliphatic carbocycles. The summed E-state index contributed by atoms with van der Waals surface area (Å²) in [6.07, 6.45) is 9.40. The van der Waals surface area contributed by atoms with E-state index in [4.69, 9.17) is 0 Å². The molecular formula is C20H20N4O. The van der Waals surface area contributed by atoms with Crippen molar-refractivity contribution in [1.82, 2.24) is 14.5 Å². The Labute approximate surface area is 146 Å². The molecule has 2 heterocycles. The fraction of sp³-hybridized carbons (Fsp3) is 0.250. The minimum Gasteiger partial charge on any atom is -0.324 e. The maximum absolute atomic E-state index is 12.4. The molecule has 0 saturated heterocycles. The van der Waals surface area contributed by atoms with Crippen LogP contribution in [0.15, 0.2) is 65.6 Å². The summed E-state index contributed by atoms with van der Waals surface area (Å²) in [4.78, 5) is 21.4. The average molecular weight is 332 g/mol. The molecule has 0 spiro atoms. The lowest BCUT2D eigenvalue weighted by molar-refractivity contribution is 0.410. The van der Waals surface area contributed by atoms with Crippen molar-refractivity contribution >= 4 is 22.7 Å². The van der Waals surface area contributed by atoms with Crippen molar-refractivity contribution in [2.45, 2.75) is 25.8 Å². The van der Waals surface area contributed by atoms with E-state index in [1.807, 2.05) is 30.3 Å². The lowest BCUT2D eigenvalue weighted by Gasteiger charge is -2.19. The number of anilines is 2. The van der Waals surface area contributed by atoms with Gasteiger partial charge in [0.15, 0.2) is 0 Å². The Morgan fingerprint density at radius 1 is 1.12 bits per heavy atom. The third-order valence-corrected chi connectivity index (χ3v) is 4.57. The number of nitrogens with one attached hydrogen (secondary N) is 1. The monoisotopic (exact) mass is 332 g/mol. The molecule has 1 N–H and O–H groups in total. The van der Waals surface area contributed by atoms with Crippen LogP contribution in [0.5, 0.6) is 0 Å². The third-order valence-electron chi connectivity index (χ3n) is 4.57. The van der Waals surface area contributed by atoms with Gasteiger partial charge in [0.25, 0.3) is 5.56 Å². The zero-order chi connectivity index (χ0) is 17.1. The van der Waals surface area contributed by atoms with Crippen LogP contribution in [0.1, 0.15) is 19.3 Å². The maximum Gasteiger partial charge on any atom is 0.252 e. The van der Waals surface area contributed by atoms with Crippen LogP contribution < -0.4 is 10.9 Å². The van der Waals surface area contributed by atoms with E-state index < -0.39 is 0 Å². The lowest BCUT2D eigenvalue weighted by atomic mass is 9.94. The van der Waals surface area contributed by atoms with E-state index >= 15 is 0 Å². The van der Waals surface area contributed by atoms with Crippen molar-refractivity contribution in [1.29, 1.82) is 0 Å². The molecule has 4 rings (SSSR count). The zero-order valence-electron chi connectivity index (χ0n) is 13.9. The van der Waals surface area contributed by atoms with Gasteiger partial charge in [-0.25, -0.2) is 4.98 Å². The molecule has 0 amide bonds. The standard InChI is InChI=1S/C20H20N4O/c25-18-12-11-16-13-21-20(22-17-9-5-2-6-10-17)23-19(16)24(18)14-15-7-3-1-4-8-15/h1-3,5-6,9-13,15H,4,7-8,14H2,(H,21,22,23). The molecule has 25 heavy (non-hydrogen) atoms. The second-order valence-electron chi connectivity index (χ2n) is 6.40. The van der Waals surface area contributed by atoms with Gasteiger partial charge in [0.05, 0.1) is 0 Å². The Hall–Kier alpha value is -2.95. The van der Waals surface area contributed by atoms with Gasteiger partial charge in [0.1, 0.15) is 5.65 Å². The topological polar surface area (TPSA) is 59.8 Å². The molecule has 1 aromatic carbocycles. The van der Waals surface area contributed by atoms with E-state index in [-0.39, 0.29) is 5.56 Å². The SMILES string of the molecule is O=c1ccc2cnc(Nc3ccccc3)nc2n1CC1CC=CCC1. The molecule has 1 aliphatic rings. The molecule has 0 saturated carbocycles. The molecule has 5 nitrogen and oxygen atoms in total. The van der Waals surface area contributed by atoms with Crippen molar-refractivity contribution in [2.24, 2.45) is 5.92 Å². The smallest absolute Gasteiger partial charge is 0.252 e. The number of hydrogen-bond acceptors (Lipinski definition) is 4. The molecule has 3 aromatic rings. The number of hydrogen-bond donors (Lipinski definition) is 1. The molecule has 0 bridgehead atoms. The average Bonchev–Trinajstić information content (AvgIpc) is 2.66. The molecule has 0 radical (unpaired) electrons. The fourth-order valence-corrected chi connectivity index (χ4v) is 3.24. The van der Waals surface area contributed by atoms with Crippen LogP contribution >= 0.6 is 0 Å². The Balaban J connectivity index is 1.70. The van der Waals surface area contributed by atoms with Gasteiger partial charge in [-0.05, 0) is 43.4 Å². The van der Waals surface area contributed by atoms with E-state index in [0.29, 0.717) is 24.1 Å². The van der Waals surface area contributed by atoms with Gasteiger partial charge < -0.3 is 5.32 Å². The third kappa shape index (κ3) is 3.45. The van der Waals surface area contributed by atoms with E-state index in [0.717, 1.165) is 30.3 Å². The minimum atomic E-state index is -0.00795. The number of allylic oxidation sites excluding steroid dienone is 2. The van der Waals surface area contributed by atoms with E-state index in [1.165, 1.54) is 0 Å². The number of pyridine rings is 1. The second-order valence-corrected chi connectivity index (χ2v) is 6.40. The normalized spacial score (nSPS) is 16.9. The van der Waals surface area contributed by atoms with Crippen molar-refractivity contribution in [2.75, 3.05) is 5.32 Å². The van der Waals surface area contributed by atoms with Crippen LogP contribution in [-0.2, 0) is 6.54 Å². The number of para-hydroxylation sites is 1. The molecule has 1 unspecified atom stereocenters. The first-order valence-electron chi connectivity index (χ1n) is 8.63. The Morgan fingerprint density at radius 3 is 2.80 bits per heavy atom. The summed E-state index contributed by atoms with van der Waals surface area (Å²) in [6.45, 7) is 0.697. The summed E-state index contributed by atoms with van der Waals surface area (Å²) < 4.78 is 1.79. The van der Waals surface area contributed by atoms with Crippen LogP contribution in [0.4, 0.5) is 11.6 Å². The Morgan fingerprint density at radius 2 is 2.00 bits per heavy atom. The van der Waals surface area contributed by atoms with Crippen LogP contribution in [0.3, 0.4) is 0 Å². The Bertz CT molecular complexity index is 962. The highest BCUT2D eigenvalue weighted by Crippen LogP contribution is 2.21. The van der Waals surface area contributed by atoms with Gasteiger partial charge >= 0.3 is 0 Å². The highest BCUT2D eigenvalue weighted by Gasteiger charge is 2.14. The number of aromatic nitrogens is 3. The highest BCUT2D eigenvalue weighted by molar-refractivity contribution is 5.75. The molecule has 0 aliphatic heterocycles. The first kappa shape index (κ1) is 15.6. The molecule has 126 valence electrons. The van der Waals surface area contributed by atoms with Crippen molar-refractivity contribution in [3.05, 3.63) is 71.2 Å². The highest BCUT2D eigenvalue weighted by atomic mass is 16.1. The fourth-order valence-electron chi connectivity index (χ4n) is 3.24. The van der Waals surface area contributed by atoms with Crippen LogP contribution in [-0.4, -0.2) is 14.5 Å². The molecule has 1 atom stereocenters. The summed E-state index contributed by atoms with van der Waals surface area (Å²) in [7, 11) is 0. The zero-order valence-corrected chi connectivity index (χ0v) is 13.9. The van der Waals surface area contributed by atoms with E-state index in [9.17, 15) is 4.79 Å². The maximum atomic E-state index is 12.4. The first-order chi connectivity index (χ1) is 12.3. The second kappa shape index (κ2) is 6.89. The van der Waals surface area contributed by atoms with Crippen LogP contribution in [0.2, 0.25) is 0 Å². The molecule has 2 aromatic heterocycles. The lowest BCUT2D eigenvalue weighted by Crippen LogP contribution is -2.25. The number of benzene rings is 1. The first-order valence-corrected chi connectivity index (χ1v) is 8.63. The van der Waals surface area contributed by atoms with Gasteiger partial charge in [-0.15, -0.1) is 0 Å². The predicted octanol–water partition coefficient (Wildman–Crippen LogP) is 3.89. The van der Waals surface area contributed by atoms with Crippen LogP contribution in [0, 0.1) is 5.92 Å². The minimum absolute atomic E-state index is 0.00795. The summed E-state index contributed by atoms with van der Waals surface area (Å²) in [6, 6.07) is 13.2. The number of fused-ring (bicyclic) bond motifs is 1. The largest absolute Gasteiger partial charge is 0.324 e. The summed E-state index contributed by atoms with van der Waals surface area (Å²) in [5.41, 5.74) is 1.60. The molecule has 0 fully saturated rings. The van der Waals surface area contributed by atoms with Crippen molar-refractivity contribution in [3.8, 4) is 0 Å². The molecular weight excluding hydrogens is 312 g/mol. The Kier molecular flexibility index (Phi) is 4.29. The quantitative estimate of drug-likeness (QED) is 0.736. The van der Waals surface area contributed by atoms with E-state index in [2.05, 4.69) is 27.4 Å². The molecule has 5 heteroatoms. The van der Waals surface area contributed by atoms with Crippen LogP contribution in [0.25, 0.3) is 11.0 Å². The van der Waals surface area contributed by atoms with Gasteiger partial charge in [-0.3, -0.25) is 9.36 Å². The summed E-state index contributed by atoms with van der Waals surface area (Å²) in [5, 5.41) is 4.08. The van der Waals surface area contributed by atoms with Gasteiger partial charge in [-0.2, -0.15) is 4.98 Å². The van der Waals surface area contributed by atoms with Gasteiger partial charge in [0.2, 0.25) is 5.95 Å². The van der Waals surface area contributed by atoms with Crippen molar-refractivity contribution < 1.29 is 0 Å². The van der Waals surface area contributed by atoms with E-state index in [1.54, 1.807) is 22.9 Å².